The number of benzene rings is 1. The van der Waals surface area contributed by atoms with Gasteiger partial charge in [0.05, 0.1) is 0 Å². The zero-order chi connectivity index (χ0) is 9.84. The molecule has 1 amide bonds. The summed E-state index contributed by atoms with van der Waals surface area (Å²) in [6.07, 6.45) is 0. The molecule has 0 aromatic heterocycles. The third-order valence-electron chi connectivity index (χ3n) is 1.29. The van der Waals surface area contributed by atoms with E-state index in [0.29, 0.717) is 0 Å². The predicted octanol–water partition coefficient (Wildman–Crippen LogP) is 2.02. The Labute approximate surface area is 87.6 Å². The van der Waals surface area contributed by atoms with Gasteiger partial charge in [-0.05, 0) is 18.2 Å². The first kappa shape index (κ1) is 10.4. The lowest BCUT2D eigenvalue weighted by Crippen LogP contribution is -2.30. The smallest absolute Gasteiger partial charge is 0.266 e. The van der Waals surface area contributed by atoms with Gasteiger partial charge in [0.1, 0.15) is 5.82 Å². The van der Waals surface area contributed by atoms with Crippen molar-refractivity contribution in [1.29, 1.82) is 0 Å². The van der Waals surface area contributed by atoms with E-state index in [1.807, 2.05) is 0 Å². The van der Waals surface area contributed by atoms with E-state index in [2.05, 4.69) is 26.0 Å². The van der Waals surface area contributed by atoms with Crippen molar-refractivity contribution in [2.45, 2.75) is 0 Å². The minimum absolute atomic E-state index is 0.150. The van der Waals surface area contributed by atoms with E-state index in [1.54, 1.807) is 0 Å². The maximum absolute atomic E-state index is 12.7. The van der Waals surface area contributed by atoms with Crippen molar-refractivity contribution in [3.63, 3.8) is 0 Å². The number of halogens is 3. The molecule has 1 rings (SSSR count). The summed E-state index contributed by atoms with van der Waals surface area (Å²) in [5, 5.41) is 0.180. The minimum Gasteiger partial charge on any atom is -0.277 e. The van der Waals surface area contributed by atoms with Crippen molar-refractivity contribution < 1.29 is 9.18 Å². The number of carbonyl (C=O) groups excluding carboxylic acids is 1. The van der Waals surface area contributed by atoms with Crippen LogP contribution in [-0.4, -0.2) is 5.91 Å². The molecule has 0 atom stereocenters. The van der Waals surface area contributed by atoms with Crippen molar-refractivity contribution >= 4 is 33.7 Å². The first-order valence-corrected chi connectivity index (χ1v) is 4.42. The van der Waals surface area contributed by atoms with Gasteiger partial charge in [0, 0.05) is 26.7 Å². The van der Waals surface area contributed by atoms with Crippen LogP contribution in [-0.2, 0) is 0 Å². The van der Waals surface area contributed by atoms with E-state index in [0.717, 1.165) is 12.1 Å². The molecule has 0 aliphatic carbocycles. The van der Waals surface area contributed by atoms with Gasteiger partial charge in [-0.1, -0.05) is 11.6 Å². The van der Waals surface area contributed by atoms with Crippen molar-refractivity contribution in [3.8, 4) is 0 Å². The Balaban J connectivity index is 2.94. The van der Waals surface area contributed by atoms with Crippen molar-refractivity contribution in [3.05, 3.63) is 34.6 Å². The lowest BCUT2D eigenvalue weighted by atomic mass is 10.2. The summed E-state index contributed by atoms with van der Waals surface area (Å²) >= 11 is 8.32. The van der Waals surface area contributed by atoms with Crippen molar-refractivity contribution in [1.82, 2.24) is 9.88 Å². The van der Waals surface area contributed by atoms with Crippen molar-refractivity contribution in [2.75, 3.05) is 0 Å². The molecule has 1 aromatic carbocycles. The van der Waals surface area contributed by atoms with E-state index in [9.17, 15) is 9.18 Å². The van der Waals surface area contributed by atoms with E-state index < -0.39 is 11.7 Å². The molecule has 3 nitrogen and oxygen atoms in total. The van der Waals surface area contributed by atoms with Crippen LogP contribution in [0.25, 0.3) is 0 Å². The maximum atomic E-state index is 12.7. The third-order valence-corrected chi connectivity index (χ3v) is 1.70. The second-order valence-corrected chi connectivity index (χ2v) is 3.04. The summed E-state index contributed by atoms with van der Waals surface area (Å²) in [4.78, 5) is 11.1. The average Bonchev–Trinajstić information content (AvgIpc) is 2.03. The molecule has 13 heavy (non-hydrogen) atoms. The topological polar surface area (TPSA) is 41.1 Å². The highest BCUT2D eigenvalue weighted by atomic mass is 79.9. The highest BCUT2D eigenvalue weighted by Crippen LogP contribution is 2.13. The molecule has 0 saturated heterocycles. The fourth-order valence-electron chi connectivity index (χ4n) is 0.800. The van der Waals surface area contributed by atoms with Crippen molar-refractivity contribution in [2.24, 2.45) is 0 Å². The third kappa shape index (κ3) is 2.95. The molecule has 2 N–H and O–H groups in total. The fourth-order valence-corrected chi connectivity index (χ4v) is 1.20. The summed E-state index contributed by atoms with van der Waals surface area (Å²) in [5.74, 6) is -1.02. The van der Waals surface area contributed by atoms with E-state index >= 15 is 0 Å². The van der Waals surface area contributed by atoms with Gasteiger partial charge in [0.2, 0.25) is 0 Å². The average molecular weight is 267 g/mol. The number of rotatable bonds is 2. The zero-order valence-electron chi connectivity index (χ0n) is 6.27. The lowest BCUT2D eigenvalue weighted by molar-refractivity contribution is 0.0947. The van der Waals surface area contributed by atoms with E-state index in [4.69, 9.17) is 11.6 Å². The quantitative estimate of drug-likeness (QED) is 0.636. The second kappa shape index (κ2) is 4.55. The van der Waals surface area contributed by atoms with Gasteiger partial charge >= 0.3 is 0 Å². The van der Waals surface area contributed by atoms with Crippen LogP contribution in [0.4, 0.5) is 4.39 Å². The Morgan fingerprint density at radius 1 is 1.46 bits per heavy atom. The van der Waals surface area contributed by atoms with Crippen LogP contribution in [0, 0.1) is 5.82 Å². The molecular formula is C7H5BrClFN2O. The number of hydrogen-bond acceptors (Lipinski definition) is 2. The van der Waals surface area contributed by atoms with Crippen LogP contribution in [0.3, 0.4) is 0 Å². The second-order valence-electron chi connectivity index (χ2n) is 2.21. The summed E-state index contributed by atoms with van der Waals surface area (Å²) in [7, 11) is 0. The minimum atomic E-state index is -0.549. The van der Waals surface area contributed by atoms with Crippen LogP contribution in [0.1, 0.15) is 10.4 Å². The van der Waals surface area contributed by atoms with Crippen LogP contribution in [0.2, 0.25) is 5.02 Å². The number of nitrogens with one attached hydrogen (secondary N) is 2. The molecular weight excluding hydrogens is 262 g/mol. The van der Waals surface area contributed by atoms with Gasteiger partial charge in [0.15, 0.2) is 0 Å². The molecule has 0 heterocycles. The summed E-state index contributed by atoms with van der Waals surface area (Å²) in [6.45, 7) is 0. The zero-order valence-corrected chi connectivity index (χ0v) is 8.62. The monoisotopic (exact) mass is 266 g/mol. The molecule has 0 aliphatic heterocycles. The van der Waals surface area contributed by atoms with Gasteiger partial charge in [-0.3, -0.25) is 10.2 Å². The molecule has 6 heteroatoms. The number of hydrazine groups is 1. The first-order chi connectivity index (χ1) is 6.13. The number of hydrogen-bond donors (Lipinski definition) is 2. The standard InChI is InChI=1S/C7H5BrClFN2O/c8-12-11-7(13)4-1-5(9)3-6(10)2-4/h1-3,12H,(H,11,13). The fraction of sp³-hybridized carbons (Fsp3) is 0. The predicted molar refractivity (Wildman–Crippen MR) is 50.9 cm³/mol. The molecule has 1 aromatic rings. The van der Waals surface area contributed by atoms with Gasteiger partial charge in [-0.15, -0.1) is 0 Å². The normalized spacial score (nSPS) is 9.77. The van der Waals surface area contributed by atoms with Crippen LogP contribution < -0.4 is 9.88 Å². The lowest BCUT2D eigenvalue weighted by Gasteiger charge is -2.02. The molecule has 0 radical (unpaired) electrons. The van der Waals surface area contributed by atoms with Gasteiger partial charge < -0.3 is 0 Å². The molecule has 0 fully saturated rings. The van der Waals surface area contributed by atoms with E-state index in [-0.39, 0.29) is 10.6 Å². The van der Waals surface area contributed by atoms with E-state index in [1.165, 1.54) is 6.07 Å². The Bertz CT molecular complexity index is 314. The highest BCUT2D eigenvalue weighted by Gasteiger charge is 2.06. The van der Waals surface area contributed by atoms with Gasteiger partial charge in [-0.25, -0.2) is 4.39 Å². The number of amides is 1. The summed E-state index contributed by atoms with van der Waals surface area (Å²) in [6, 6.07) is 3.58. The Kier molecular flexibility index (Phi) is 3.65. The van der Waals surface area contributed by atoms with Gasteiger partial charge in [0.25, 0.3) is 5.91 Å². The SMILES string of the molecule is O=C(NNBr)c1cc(F)cc(Cl)c1. The molecule has 70 valence electrons. The summed E-state index contributed by atoms with van der Waals surface area (Å²) in [5.41, 5.74) is 2.37. The Morgan fingerprint density at radius 3 is 2.69 bits per heavy atom. The molecule has 0 spiro atoms. The molecule has 0 bridgehead atoms. The molecule has 0 unspecified atom stereocenters. The first-order valence-electron chi connectivity index (χ1n) is 3.25. The Hall–Kier alpha value is -0.650. The Morgan fingerprint density at radius 2 is 2.15 bits per heavy atom. The molecule has 0 aliphatic rings. The number of carbonyl (C=O) groups is 1. The largest absolute Gasteiger partial charge is 0.277 e. The van der Waals surface area contributed by atoms with Crippen LogP contribution >= 0.6 is 27.7 Å². The maximum Gasteiger partial charge on any atom is 0.266 e. The highest BCUT2D eigenvalue weighted by molar-refractivity contribution is 9.08. The van der Waals surface area contributed by atoms with Crippen LogP contribution in [0.5, 0.6) is 0 Å². The molecule has 0 saturated carbocycles. The van der Waals surface area contributed by atoms with Gasteiger partial charge in [-0.2, -0.15) is 4.45 Å². The summed E-state index contributed by atoms with van der Waals surface area (Å²) < 4.78 is 15.0. The van der Waals surface area contributed by atoms with Crippen LogP contribution in [0.15, 0.2) is 18.2 Å².